The molecule has 0 bridgehead atoms. The molecule has 7 N–H and O–H groups in total. The van der Waals surface area contributed by atoms with E-state index in [0.717, 1.165) is 0 Å². The fourth-order valence-corrected chi connectivity index (χ4v) is 0.392. The number of hydrogen-bond donors (Lipinski definition) is 4. The number of carbonyl (C=O) groups is 1. The molecule has 0 unspecified atom stereocenters. The van der Waals surface area contributed by atoms with E-state index < -0.39 is 0 Å². The normalized spacial score (nSPS) is 11.4. The summed E-state index contributed by atoms with van der Waals surface area (Å²) < 4.78 is 4.20. The summed E-state index contributed by atoms with van der Waals surface area (Å²) in [6.45, 7) is 9.43. The van der Waals surface area contributed by atoms with Gasteiger partial charge in [0.15, 0.2) is 0 Å². The molecule has 0 aliphatic rings. The van der Waals surface area contributed by atoms with E-state index in [4.69, 9.17) is 20.8 Å². The van der Waals surface area contributed by atoms with E-state index in [9.17, 15) is 4.79 Å². The average Bonchev–Trinajstić information content (AvgIpc) is 2.58. The van der Waals surface area contributed by atoms with Gasteiger partial charge in [0.1, 0.15) is 22.8 Å². The summed E-state index contributed by atoms with van der Waals surface area (Å²) in [4.78, 5) is 9.90. The first kappa shape index (κ1) is 33.4. The van der Waals surface area contributed by atoms with Gasteiger partial charge in [0.05, 0.1) is 7.11 Å². The van der Waals surface area contributed by atoms with E-state index in [1.54, 1.807) is 0 Å². The molecule has 11 nitrogen and oxygen atoms in total. The fourth-order valence-electron chi connectivity index (χ4n) is 0.392. The summed E-state index contributed by atoms with van der Waals surface area (Å²) in [6, 6.07) is 0. The van der Waals surface area contributed by atoms with E-state index in [1.165, 1.54) is 34.8 Å². The molecule has 0 aromatic rings. The van der Waals surface area contributed by atoms with Crippen LogP contribution in [0, 0.1) is 6.92 Å². The maximum Gasteiger partial charge on any atom is 0.275 e. The topological polar surface area (TPSA) is 190 Å². The Kier molecular flexibility index (Phi) is 32.2. The Hall–Kier alpha value is -2.18. The van der Waals surface area contributed by atoms with Crippen molar-refractivity contribution in [3.63, 3.8) is 0 Å². The number of oxime groups is 4. The number of ether oxygens (including phenoxy) is 1. The Bertz CT molecular complexity index is 367. The molecule has 0 aliphatic heterocycles. The summed E-state index contributed by atoms with van der Waals surface area (Å²) in [5, 5.41) is 43.3. The summed E-state index contributed by atoms with van der Waals surface area (Å²) in [5.74, 6) is -0.269. The molecule has 0 heterocycles. The molecule has 0 saturated heterocycles. The van der Waals surface area contributed by atoms with Crippen LogP contribution in [0.15, 0.2) is 20.6 Å². The molecule has 0 rings (SSSR count). The molecule has 0 saturated carbocycles. The van der Waals surface area contributed by atoms with Gasteiger partial charge in [0.25, 0.3) is 5.97 Å². The van der Waals surface area contributed by atoms with Crippen LogP contribution in [0.25, 0.3) is 0 Å². The molecule has 145 valence electrons. The van der Waals surface area contributed by atoms with Gasteiger partial charge in [-0.1, -0.05) is 27.0 Å². The van der Waals surface area contributed by atoms with Crippen LogP contribution in [0.5, 0.6) is 0 Å². The number of nitrogens with zero attached hydrogens (tertiary/aromatic N) is 4. The zero-order valence-electron chi connectivity index (χ0n) is 14.2. The summed E-state index contributed by atoms with van der Waals surface area (Å²) in [6.07, 6.45) is 0.219. The van der Waals surface area contributed by atoms with Crippen molar-refractivity contribution in [3.05, 3.63) is 6.92 Å². The quantitative estimate of drug-likeness (QED) is 0.136. The van der Waals surface area contributed by atoms with E-state index in [-0.39, 0.29) is 34.6 Å². The van der Waals surface area contributed by atoms with Crippen LogP contribution in [0.1, 0.15) is 34.1 Å². The van der Waals surface area contributed by atoms with Gasteiger partial charge in [-0.15, -0.1) is 0 Å². The van der Waals surface area contributed by atoms with Crippen LogP contribution < -0.4 is 0 Å². The maximum atomic E-state index is 9.90. The van der Waals surface area contributed by atoms with E-state index in [2.05, 4.69) is 32.3 Å². The van der Waals surface area contributed by atoms with Crippen LogP contribution >= 0.6 is 0 Å². The largest absolute Gasteiger partial charge is 0.471 e. The van der Waals surface area contributed by atoms with Gasteiger partial charge in [0.2, 0.25) is 0 Å². The van der Waals surface area contributed by atoms with Gasteiger partial charge in [-0.25, -0.2) is 0 Å². The third-order valence-electron chi connectivity index (χ3n) is 2.08. The van der Waals surface area contributed by atoms with Crippen LogP contribution in [0.2, 0.25) is 0 Å². The minimum absolute atomic E-state index is 0. The van der Waals surface area contributed by atoms with Crippen LogP contribution in [-0.2, 0) is 31.8 Å². The van der Waals surface area contributed by atoms with Gasteiger partial charge in [-0.3, -0.25) is 4.79 Å². The average molecular weight is 397 g/mol. The van der Waals surface area contributed by atoms with Crippen molar-refractivity contribution in [3.8, 4) is 0 Å². The molecular weight excluding hydrogens is 371 g/mol. The molecule has 0 aromatic heterocycles. The summed E-state index contributed by atoms with van der Waals surface area (Å²) in [7, 11) is 1.34. The van der Waals surface area contributed by atoms with Gasteiger partial charge in [0, 0.05) is 16.8 Å². The molecule has 12 heteroatoms. The Balaban J connectivity index is -0.0000000730. The van der Waals surface area contributed by atoms with Crippen molar-refractivity contribution in [2.45, 2.75) is 34.1 Å². The van der Waals surface area contributed by atoms with Gasteiger partial charge in [-0.2, -0.15) is 0 Å². The Morgan fingerprint density at radius 3 is 1.08 bits per heavy atom. The second-order valence-corrected chi connectivity index (χ2v) is 3.57. The smallest absolute Gasteiger partial charge is 0.275 e. The van der Waals surface area contributed by atoms with Crippen molar-refractivity contribution in [2.24, 2.45) is 20.6 Å². The van der Waals surface area contributed by atoms with Crippen LogP contribution in [0.4, 0.5) is 0 Å². The fraction of sp³-hybridized carbons (Fsp3) is 0.500. The molecule has 0 amide bonds. The van der Waals surface area contributed by atoms with Gasteiger partial charge >= 0.3 is 0 Å². The predicted molar refractivity (Wildman–Crippen MR) is 86.4 cm³/mol. The standard InChI is InChI=1S/2C4H8N2O2.C4H7O2.Co.H2O/c2*1-3(5-7)4(2)6-8;1-3-4(5)6-2;;/h2*7-8H,1-2H3;1,3H2,2H3;;1H2/q;;-1;;/p+1/b2*5-3+,6-4+;;;. The molecule has 0 aromatic carbocycles. The summed E-state index contributed by atoms with van der Waals surface area (Å²) >= 11 is 0. The molecular formula is C12H26CoN4O7. The second kappa shape index (κ2) is 23.1. The van der Waals surface area contributed by atoms with Crippen molar-refractivity contribution in [1.82, 2.24) is 0 Å². The Morgan fingerprint density at radius 2 is 1.04 bits per heavy atom. The van der Waals surface area contributed by atoms with E-state index in [1.807, 2.05) is 0 Å². The molecule has 0 fully saturated rings. The van der Waals surface area contributed by atoms with E-state index in [0.29, 0.717) is 22.8 Å². The number of hydrogen-bond acceptors (Lipinski definition) is 10. The van der Waals surface area contributed by atoms with Crippen molar-refractivity contribution in [2.75, 3.05) is 7.11 Å². The first-order valence-corrected chi connectivity index (χ1v) is 5.86. The molecule has 0 aliphatic carbocycles. The first-order chi connectivity index (χ1) is 10.2. The monoisotopic (exact) mass is 397 g/mol. The number of methoxy groups -OCH3 is 1. The Morgan fingerprint density at radius 1 is 0.833 bits per heavy atom. The van der Waals surface area contributed by atoms with Crippen molar-refractivity contribution < 1.29 is 52.6 Å². The first-order valence-electron chi connectivity index (χ1n) is 5.86. The minimum atomic E-state index is -0.269. The SMILES string of the molecule is CC(=N\O)/C(C)=N/O.CC(=N\O)/C(C)=N/O.[CH2-]CC(=O)OC.[Co].[OH3+]. The third kappa shape index (κ3) is 22.1. The van der Waals surface area contributed by atoms with Crippen LogP contribution in [0.3, 0.4) is 0 Å². The maximum absolute atomic E-state index is 9.90. The molecule has 0 atom stereocenters. The van der Waals surface area contributed by atoms with Gasteiger partial charge in [-0.05, 0) is 27.7 Å². The second-order valence-electron chi connectivity index (χ2n) is 3.57. The number of esters is 1. The number of rotatable bonds is 3. The summed E-state index contributed by atoms with van der Waals surface area (Å²) in [5.41, 5.74) is 1.25. The Labute approximate surface area is 150 Å². The minimum Gasteiger partial charge on any atom is -0.471 e. The van der Waals surface area contributed by atoms with E-state index >= 15 is 0 Å². The zero-order chi connectivity index (χ0) is 18.1. The van der Waals surface area contributed by atoms with Crippen molar-refractivity contribution >= 4 is 28.8 Å². The number of carbonyl (C=O) groups excluding carboxylic acids is 1. The molecule has 0 spiro atoms. The van der Waals surface area contributed by atoms with Crippen molar-refractivity contribution in [1.29, 1.82) is 0 Å². The van der Waals surface area contributed by atoms with Crippen LogP contribution in [-0.4, -0.2) is 56.8 Å². The molecule has 1 radical (unpaired) electrons. The zero-order valence-corrected chi connectivity index (χ0v) is 15.3. The molecule has 24 heavy (non-hydrogen) atoms. The predicted octanol–water partition coefficient (Wildman–Crippen LogP) is 0.832. The van der Waals surface area contributed by atoms with Gasteiger partial charge < -0.3 is 38.0 Å². The third-order valence-corrected chi connectivity index (χ3v) is 2.08.